The molecule has 0 saturated carbocycles. The Morgan fingerprint density at radius 3 is 3.12 bits per heavy atom. The number of methoxy groups -OCH3 is 1. The monoisotopic (exact) mass is 219 g/mol. The quantitative estimate of drug-likeness (QED) is 0.844. The summed E-state index contributed by atoms with van der Waals surface area (Å²) < 4.78 is 6.68. The lowest BCUT2D eigenvalue weighted by molar-refractivity contribution is -0.119. The van der Waals surface area contributed by atoms with Crippen LogP contribution < -0.4 is 5.32 Å². The van der Waals surface area contributed by atoms with Crippen molar-refractivity contribution in [3.63, 3.8) is 0 Å². The summed E-state index contributed by atoms with van der Waals surface area (Å²) in [6, 6.07) is 3.70. The molecule has 0 fully saturated rings. The molecule has 2 aromatic rings. The van der Waals surface area contributed by atoms with Crippen LogP contribution in [0.15, 0.2) is 24.5 Å². The molecular weight excluding hydrogens is 206 g/mol. The van der Waals surface area contributed by atoms with Gasteiger partial charge in [0.1, 0.15) is 12.3 Å². The minimum atomic E-state index is -0.162. The van der Waals surface area contributed by atoms with E-state index in [0.717, 1.165) is 17.0 Å². The molecule has 2 aromatic heterocycles. The summed E-state index contributed by atoms with van der Waals surface area (Å²) in [5.74, 6) is -0.162. The van der Waals surface area contributed by atoms with Gasteiger partial charge < -0.3 is 14.5 Å². The largest absolute Gasteiger partial charge is 0.375 e. The number of aryl methyl sites for hydroxylation is 1. The van der Waals surface area contributed by atoms with Gasteiger partial charge in [-0.3, -0.25) is 4.79 Å². The number of imidazole rings is 1. The highest BCUT2D eigenvalue weighted by atomic mass is 16.5. The molecule has 0 spiro atoms. The van der Waals surface area contributed by atoms with E-state index in [1.165, 1.54) is 7.11 Å². The summed E-state index contributed by atoms with van der Waals surface area (Å²) in [5, 5.41) is 2.78. The molecule has 0 aliphatic rings. The van der Waals surface area contributed by atoms with E-state index in [9.17, 15) is 4.79 Å². The first-order valence-corrected chi connectivity index (χ1v) is 4.94. The summed E-state index contributed by atoms with van der Waals surface area (Å²) >= 11 is 0. The van der Waals surface area contributed by atoms with Crippen LogP contribution in [0.3, 0.4) is 0 Å². The number of ether oxygens (including phenoxy) is 1. The van der Waals surface area contributed by atoms with Crippen LogP contribution in [0.25, 0.3) is 5.65 Å². The number of rotatable bonds is 3. The van der Waals surface area contributed by atoms with Gasteiger partial charge in [-0.2, -0.15) is 0 Å². The fourth-order valence-corrected chi connectivity index (χ4v) is 1.58. The number of fused-ring (bicyclic) bond motifs is 1. The fourth-order valence-electron chi connectivity index (χ4n) is 1.58. The standard InChI is InChI=1S/C11H13N3O2/c1-8-9(13-11(15)7-16-2)3-4-10-12-5-6-14(8)10/h3-6H,7H2,1-2H3,(H,13,15). The third-order valence-corrected chi connectivity index (χ3v) is 2.37. The molecule has 0 unspecified atom stereocenters. The van der Waals surface area contributed by atoms with Crippen LogP contribution >= 0.6 is 0 Å². The minimum Gasteiger partial charge on any atom is -0.375 e. The van der Waals surface area contributed by atoms with Crippen LogP contribution in [0.5, 0.6) is 0 Å². The Bertz CT molecular complexity index is 519. The third kappa shape index (κ3) is 1.90. The van der Waals surface area contributed by atoms with Crippen molar-refractivity contribution < 1.29 is 9.53 Å². The highest BCUT2D eigenvalue weighted by Gasteiger charge is 2.06. The van der Waals surface area contributed by atoms with E-state index in [4.69, 9.17) is 4.74 Å². The maximum Gasteiger partial charge on any atom is 0.250 e. The van der Waals surface area contributed by atoms with Crippen molar-refractivity contribution in [1.82, 2.24) is 9.38 Å². The number of aromatic nitrogens is 2. The molecule has 2 heterocycles. The van der Waals surface area contributed by atoms with Crippen molar-refractivity contribution in [2.24, 2.45) is 0 Å². The first-order valence-electron chi connectivity index (χ1n) is 4.94. The first kappa shape index (κ1) is 10.6. The van der Waals surface area contributed by atoms with Crippen molar-refractivity contribution in [3.8, 4) is 0 Å². The minimum absolute atomic E-state index is 0.0570. The number of carbonyl (C=O) groups excluding carboxylic acids is 1. The van der Waals surface area contributed by atoms with Crippen LogP contribution in [-0.2, 0) is 9.53 Å². The van der Waals surface area contributed by atoms with Gasteiger partial charge in [0, 0.05) is 25.2 Å². The fraction of sp³-hybridized carbons (Fsp3) is 0.273. The van der Waals surface area contributed by atoms with E-state index < -0.39 is 0 Å². The number of pyridine rings is 1. The van der Waals surface area contributed by atoms with Gasteiger partial charge in [0.25, 0.3) is 0 Å². The van der Waals surface area contributed by atoms with Crippen molar-refractivity contribution in [2.75, 3.05) is 19.0 Å². The molecule has 84 valence electrons. The SMILES string of the molecule is COCC(=O)Nc1ccc2nccn2c1C. The van der Waals surface area contributed by atoms with Gasteiger partial charge in [-0.15, -0.1) is 0 Å². The Morgan fingerprint density at radius 2 is 2.38 bits per heavy atom. The zero-order valence-electron chi connectivity index (χ0n) is 9.23. The van der Waals surface area contributed by atoms with Crippen molar-refractivity contribution in [1.29, 1.82) is 0 Å². The number of hydrogen-bond donors (Lipinski definition) is 1. The average molecular weight is 219 g/mol. The molecular formula is C11H13N3O2. The molecule has 5 heteroatoms. The van der Waals surface area contributed by atoms with E-state index in [1.807, 2.05) is 29.7 Å². The Hall–Kier alpha value is -1.88. The predicted molar refractivity (Wildman–Crippen MR) is 60.4 cm³/mol. The molecule has 0 aromatic carbocycles. The van der Waals surface area contributed by atoms with Gasteiger partial charge in [0.15, 0.2) is 0 Å². The topological polar surface area (TPSA) is 55.6 Å². The third-order valence-electron chi connectivity index (χ3n) is 2.37. The first-order chi connectivity index (χ1) is 7.72. The Kier molecular flexibility index (Phi) is 2.87. The second-order valence-corrected chi connectivity index (χ2v) is 3.47. The van der Waals surface area contributed by atoms with E-state index in [0.29, 0.717) is 0 Å². The number of carbonyl (C=O) groups is 1. The number of hydrogen-bond acceptors (Lipinski definition) is 3. The molecule has 0 bridgehead atoms. The van der Waals surface area contributed by atoms with Gasteiger partial charge in [0.05, 0.1) is 5.69 Å². The van der Waals surface area contributed by atoms with Crippen molar-refractivity contribution in [2.45, 2.75) is 6.92 Å². The molecule has 16 heavy (non-hydrogen) atoms. The molecule has 0 aliphatic carbocycles. The molecule has 0 radical (unpaired) electrons. The van der Waals surface area contributed by atoms with Gasteiger partial charge >= 0.3 is 0 Å². The Labute approximate surface area is 93.1 Å². The summed E-state index contributed by atoms with van der Waals surface area (Å²) in [7, 11) is 1.49. The highest BCUT2D eigenvalue weighted by molar-refractivity contribution is 5.92. The van der Waals surface area contributed by atoms with E-state index in [-0.39, 0.29) is 12.5 Å². The smallest absolute Gasteiger partial charge is 0.250 e. The normalized spacial score (nSPS) is 10.6. The average Bonchev–Trinajstić information content (AvgIpc) is 2.71. The second kappa shape index (κ2) is 4.32. The highest BCUT2D eigenvalue weighted by Crippen LogP contribution is 2.16. The van der Waals surface area contributed by atoms with Crippen LogP contribution in [0.4, 0.5) is 5.69 Å². The lowest BCUT2D eigenvalue weighted by Gasteiger charge is -2.09. The Morgan fingerprint density at radius 1 is 1.56 bits per heavy atom. The maximum absolute atomic E-state index is 11.4. The molecule has 0 saturated heterocycles. The predicted octanol–water partition coefficient (Wildman–Crippen LogP) is 1.23. The Balaban J connectivity index is 2.30. The molecule has 0 aliphatic heterocycles. The summed E-state index contributed by atoms with van der Waals surface area (Å²) in [6.45, 7) is 1.98. The molecule has 5 nitrogen and oxygen atoms in total. The van der Waals surface area contributed by atoms with Gasteiger partial charge in [-0.1, -0.05) is 0 Å². The molecule has 1 N–H and O–H groups in total. The number of amides is 1. The lowest BCUT2D eigenvalue weighted by Crippen LogP contribution is -2.18. The zero-order chi connectivity index (χ0) is 11.5. The summed E-state index contributed by atoms with van der Waals surface area (Å²) in [6.07, 6.45) is 3.58. The molecule has 1 amide bonds. The number of nitrogens with zero attached hydrogens (tertiary/aromatic N) is 2. The number of nitrogens with one attached hydrogen (secondary N) is 1. The lowest BCUT2D eigenvalue weighted by atomic mass is 10.3. The van der Waals surface area contributed by atoms with Crippen LogP contribution in [0, 0.1) is 6.92 Å². The van der Waals surface area contributed by atoms with Crippen LogP contribution in [0.1, 0.15) is 5.69 Å². The molecule has 0 atom stereocenters. The van der Waals surface area contributed by atoms with Crippen molar-refractivity contribution >= 4 is 17.2 Å². The number of anilines is 1. The molecule has 2 rings (SSSR count). The second-order valence-electron chi connectivity index (χ2n) is 3.47. The van der Waals surface area contributed by atoms with E-state index in [2.05, 4.69) is 10.3 Å². The van der Waals surface area contributed by atoms with Gasteiger partial charge in [0.2, 0.25) is 5.91 Å². The van der Waals surface area contributed by atoms with Crippen LogP contribution in [-0.4, -0.2) is 29.0 Å². The summed E-state index contributed by atoms with van der Waals surface area (Å²) in [4.78, 5) is 15.5. The van der Waals surface area contributed by atoms with Crippen LogP contribution in [0.2, 0.25) is 0 Å². The summed E-state index contributed by atoms with van der Waals surface area (Å²) in [5.41, 5.74) is 2.58. The maximum atomic E-state index is 11.4. The zero-order valence-corrected chi connectivity index (χ0v) is 9.23. The van der Waals surface area contributed by atoms with E-state index in [1.54, 1.807) is 6.20 Å². The van der Waals surface area contributed by atoms with Crippen molar-refractivity contribution in [3.05, 3.63) is 30.2 Å². The van der Waals surface area contributed by atoms with E-state index >= 15 is 0 Å². The van der Waals surface area contributed by atoms with Gasteiger partial charge in [-0.25, -0.2) is 4.98 Å². The van der Waals surface area contributed by atoms with Gasteiger partial charge in [-0.05, 0) is 19.1 Å².